The molecule has 0 aliphatic carbocycles. The first kappa shape index (κ1) is 13.5. The standard InChI is InChI=1S/C12H20BrN5/c1-2-9-6-4-3-5-7-18(9)12-10(13)11(17-14)15-8-16-12/h8-9H,2-7,14H2,1H3,(H,15,16,17). The Morgan fingerprint density at radius 3 is 3.00 bits per heavy atom. The van der Waals surface area contributed by atoms with Crippen molar-refractivity contribution >= 4 is 27.6 Å². The van der Waals surface area contributed by atoms with Gasteiger partial charge < -0.3 is 10.3 Å². The minimum Gasteiger partial charge on any atom is -0.353 e. The number of anilines is 2. The van der Waals surface area contributed by atoms with Crippen molar-refractivity contribution < 1.29 is 0 Å². The lowest BCUT2D eigenvalue weighted by molar-refractivity contribution is 0.551. The highest BCUT2D eigenvalue weighted by Gasteiger charge is 2.23. The number of hydrogen-bond acceptors (Lipinski definition) is 5. The summed E-state index contributed by atoms with van der Waals surface area (Å²) in [5.41, 5.74) is 2.60. The van der Waals surface area contributed by atoms with Crippen LogP contribution in [-0.4, -0.2) is 22.6 Å². The minimum absolute atomic E-state index is 0.560. The van der Waals surface area contributed by atoms with E-state index in [1.54, 1.807) is 6.33 Å². The molecule has 100 valence electrons. The van der Waals surface area contributed by atoms with E-state index in [2.05, 4.69) is 43.1 Å². The van der Waals surface area contributed by atoms with E-state index in [4.69, 9.17) is 5.84 Å². The Hall–Kier alpha value is -0.880. The Labute approximate surface area is 116 Å². The minimum atomic E-state index is 0.560. The molecule has 1 saturated heterocycles. The van der Waals surface area contributed by atoms with E-state index in [9.17, 15) is 0 Å². The summed E-state index contributed by atoms with van der Waals surface area (Å²) in [5.74, 6) is 7.05. The Kier molecular flexibility index (Phi) is 4.77. The van der Waals surface area contributed by atoms with Gasteiger partial charge in [0.25, 0.3) is 0 Å². The van der Waals surface area contributed by atoms with Crippen LogP contribution in [0.3, 0.4) is 0 Å². The molecule has 1 aromatic rings. The average molecular weight is 314 g/mol. The smallest absolute Gasteiger partial charge is 0.159 e. The summed E-state index contributed by atoms with van der Waals surface area (Å²) < 4.78 is 0.854. The first-order valence-electron chi connectivity index (χ1n) is 6.51. The Morgan fingerprint density at radius 2 is 2.28 bits per heavy atom. The van der Waals surface area contributed by atoms with E-state index >= 15 is 0 Å². The van der Waals surface area contributed by atoms with Crippen LogP contribution in [-0.2, 0) is 0 Å². The van der Waals surface area contributed by atoms with Crippen LogP contribution in [0.4, 0.5) is 11.6 Å². The van der Waals surface area contributed by atoms with Crippen molar-refractivity contribution in [2.24, 2.45) is 5.84 Å². The van der Waals surface area contributed by atoms with Gasteiger partial charge in [0.2, 0.25) is 0 Å². The SMILES string of the molecule is CCC1CCCCCN1c1ncnc(NN)c1Br. The van der Waals surface area contributed by atoms with Crippen LogP contribution in [0, 0.1) is 0 Å². The van der Waals surface area contributed by atoms with Gasteiger partial charge in [-0.1, -0.05) is 19.8 Å². The second-order valence-electron chi connectivity index (χ2n) is 4.61. The van der Waals surface area contributed by atoms with Crippen molar-refractivity contribution in [3.8, 4) is 0 Å². The van der Waals surface area contributed by atoms with E-state index in [-0.39, 0.29) is 0 Å². The highest BCUT2D eigenvalue weighted by atomic mass is 79.9. The van der Waals surface area contributed by atoms with Crippen LogP contribution >= 0.6 is 15.9 Å². The number of nitrogens with one attached hydrogen (secondary N) is 1. The normalized spacial score (nSPS) is 20.6. The van der Waals surface area contributed by atoms with Crippen LogP contribution in [0.15, 0.2) is 10.8 Å². The Balaban J connectivity index is 2.32. The molecule has 2 heterocycles. The Morgan fingerprint density at radius 1 is 1.44 bits per heavy atom. The summed E-state index contributed by atoms with van der Waals surface area (Å²) in [6, 6.07) is 0.560. The molecule has 1 unspecified atom stereocenters. The summed E-state index contributed by atoms with van der Waals surface area (Å²) in [6.07, 6.45) is 7.77. The molecule has 0 saturated carbocycles. The molecule has 18 heavy (non-hydrogen) atoms. The van der Waals surface area contributed by atoms with Crippen molar-refractivity contribution in [3.63, 3.8) is 0 Å². The summed E-state index contributed by atoms with van der Waals surface area (Å²) in [6.45, 7) is 3.29. The van der Waals surface area contributed by atoms with Gasteiger partial charge in [0.05, 0.1) is 0 Å². The zero-order chi connectivity index (χ0) is 13.0. The maximum absolute atomic E-state index is 5.46. The monoisotopic (exact) mass is 313 g/mol. The number of rotatable bonds is 3. The van der Waals surface area contributed by atoms with E-state index in [0.717, 1.165) is 23.3 Å². The highest BCUT2D eigenvalue weighted by molar-refractivity contribution is 9.10. The highest BCUT2D eigenvalue weighted by Crippen LogP contribution is 2.33. The van der Waals surface area contributed by atoms with Gasteiger partial charge in [0, 0.05) is 12.6 Å². The molecule has 5 nitrogen and oxygen atoms in total. The predicted octanol–water partition coefficient (Wildman–Crippen LogP) is 2.68. The third-order valence-corrected chi connectivity index (χ3v) is 4.26. The quantitative estimate of drug-likeness (QED) is 0.663. The molecule has 1 aliphatic heterocycles. The third kappa shape index (κ3) is 2.75. The lowest BCUT2D eigenvalue weighted by Gasteiger charge is -2.31. The Bertz CT molecular complexity index is 398. The van der Waals surface area contributed by atoms with Crippen LogP contribution in [0.5, 0.6) is 0 Å². The fraction of sp³-hybridized carbons (Fsp3) is 0.667. The molecular formula is C12H20BrN5. The van der Waals surface area contributed by atoms with Crippen LogP contribution in [0.25, 0.3) is 0 Å². The second kappa shape index (κ2) is 6.33. The summed E-state index contributed by atoms with van der Waals surface area (Å²) in [5, 5.41) is 0. The van der Waals surface area contributed by atoms with Crippen molar-refractivity contribution in [2.45, 2.75) is 45.1 Å². The lowest BCUT2D eigenvalue weighted by atomic mass is 10.1. The van der Waals surface area contributed by atoms with E-state index in [1.165, 1.54) is 25.7 Å². The van der Waals surface area contributed by atoms with Gasteiger partial charge in [-0.25, -0.2) is 15.8 Å². The number of hydrazine groups is 1. The lowest BCUT2D eigenvalue weighted by Crippen LogP contribution is -2.35. The molecule has 3 N–H and O–H groups in total. The molecule has 6 heteroatoms. The van der Waals surface area contributed by atoms with Crippen molar-refractivity contribution in [2.75, 3.05) is 16.9 Å². The molecule has 0 bridgehead atoms. The molecule has 0 radical (unpaired) electrons. The van der Waals surface area contributed by atoms with Gasteiger partial charge in [0.1, 0.15) is 16.6 Å². The molecular weight excluding hydrogens is 294 g/mol. The van der Waals surface area contributed by atoms with Crippen molar-refractivity contribution in [3.05, 3.63) is 10.8 Å². The maximum atomic E-state index is 5.46. The second-order valence-corrected chi connectivity index (χ2v) is 5.40. The molecule has 0 aromatic carbocycles. The molecule has 2 rings (SSSR count). The van der Waals surface area contributed by atoms with Crippen LogP contribution in [0.1, 0.15) is 39.0 Å². The number of hydrogen-bond donors (Lipinski definition) is 2. The van der Waals surface area contributed by atoms with Crippen LogP contribution in [0.2, 0.25) is 0 Å². The number of nitrogen functional groups attached to an aromatic ring is 1. The number of aromatic nitrogens is 2. The number of nitrogens with two attached hydrogens (primary N) is 1. The molecule has 0 amide bonds. The van der Waals surface area contributed by atoms with Gasteiger partial charge in [-0.3, -0.25) is 0 Å². The summed E-state index contributed by atoms with van der Waals surface area (Å²) in [4.78, 5) is 10.9. The fourth-order valence-corrected chi connectivity index (χ4v) is 3.09. The van der Waals surface area contributed by atoms with Gasteiger partial charge in [-0.05, 0) is 35.2 Å². The predicted molar refractivity (Wildman–Crippen MR) is 77.4 cm³/mol. The molecule has 0 spiro atoms. The van der Waals surface area contributed by atoms with Crippen LogP contribution < -0.4 is 16.2 Å². The maximum Gasteiger partial charge on any atom is 0.159 e. The van der Waals surface area contributed by atoms with Gasteiger partial charge in [-0.15, -0.1) is 0 Å². The fourth-order valence-electron chi connectivity index (χ4n) is 2.54. The molecule has 1 atom stereocenters. The topological polar surface area (TPSA) is 67.1 Å². The first-order chi connectivity index (χ1) is 8.77. The van der Waals surface area contributed by atoms with Crippen molar-refractivity contribution in [1.82, 2.24) is 9.97 Å². The number of nitrogens with zero attached hydrogens (tertiary/aromatic N) is 3. The zero-order valence-electron chi connectivity index (χ0n) is 10.7. The van der Waals surface area contributed by atoms with Gasteiger partial charge in [-0.2, -0.15) is 0 Å². The van der Waals surface area contributed by atoms with E-state index in [0.29, 0.717) is 11.9 Å². The van der Waals surface area contributed by atoms with Gasteiger partial charge >= 0.3 is 0 Å². The summed E-state index contributed by atoms with van der Waals surface area (Å²) >= 11 is 3.55. The third-order valence-electron chi connectivity index (χ3n) is 3.53. The first-order valence-corrected chi connectivity index (χ1v) is 7.31. The zero-order valence-corrected chi connectivity index (χ0v) is 12.3. The van der Waals surface area contributed by atoms with E-state index < -0.39 is 0 Å². The van der Waals surface area contributed by atoms with Crippen molar-refractivity contribution in [1.29, 1.82) is 0 Å². The largest absolute Gasteiger partial charge is 0.353 e. The number of halogens is 1. The van der Waals surface area contributed by atoms with Gasteiger partial charge in [0.15, 0.2) is 5.82 Å². The summed E-state index contributed by atoms with van der Waals surface area (Å²) in [7, 11) is 0. The molecule has 1 fully saturated rings. The molecule has 1 aromatic heterocycles. The molecule has 1 aliphatic rings. The van der Waals surface area contributed by atoms with E-state index in [1.807, 2.05) is 0 Å². The average Bonchev–Trinajstić information content (AvgIpc) is 2.64.